The Morgan fingerprint density at radius 1 is 1.45 bits per heavy atom. The Hall–Kier alpha value is 0.137. The predicted molar refractivity (Wildman–Crippen MR) is 50.2 cm³/mol. The molecule has 0 aliphatic carbocycles. The summed E-state index contributed by atoms with van der Waals surface area (Å²) in [6.07, 6.45) is 1.08. The Morgan fingerprint density at radius 2 is 2.09 bits per heavy atom. The molecule has 0 bridgehead atoms. The fourth-order valence-corrected chi connectivity index (χ4v) is 1.97. The van der Waals surface area contributed by atoms with Crippen molar-refractivity contribution in [3.05, 3.63) is 6.92 Å². The van der Waals surface area contributed by atoms with E-state index in [0.29, 0.717) is 0 Å². The summed E-state index contributed by atoms with van der Waals surface area (Å²) in [5.41, 5.74) is 0. The van der Waals surface area contributed by atoms with Gasteiger partial charge in [0.2, 0.25) is 0 Å². The van der Waals surface area contributed by atoms with E-state index in [0.717, 1.165) is 19.6 Å². The normalized spacial score (nSPS) is 13.1. The van der Waals surface area contributed by atoms with Crippen molar-refractivity contribution >= 4 is 9.76 Å². The Labute approximate surface area is 72.2 Å². The van der Waals surface area contributed by atoms with Crippen LogP contribution in [-0.2, 0) is 9.16 Å². The van der Waals surface area contributed by atoms with Gasteiger partial charge in [0.15, 0.2) is 9.76 Å². The average Bonchev–Trinajstić information content (AvgIpc) is 1.87. The van der Waals surface area contributed by atoms with Crippen LogP contribution in [0, 0.1) is 6.92 Å². The van der Waals surface area contributed by atoms with Gasteiger partial charge in [-0.15, -0.1) is 0 Å². The molecule has 67 valence electrons. The lowest BCUT2D eigenvalue weighted by molar-refractivity contribution is 0.0590. The van der Waals surface area contributed by atoms with Gasteiger partial charge in [0.05, 0.1) is 5.22 Å². The fourth-order valence-electron chi connectivity index (χ4n) is 0.823. The lowest BCUT2D eigenvalue weighted by atomic mass is 10.4. The van der Waals surface area contributed by atoms with Crippen LogP contribution in [0.15, 0.2) is 0 Å². The zero-order chi connectivity index (χ0) is 8.74. The number of hydrogen-bond acceptors (Lipinski definition) is 2. The maximum absolute atomic E-state index is 5.45. The second kappa shape index (κ2) is 5.74. The molecule has 0 spiro atoms. The van der Waals surface area contributed by atoms with Gasteiger partial charge in [-0.25, -0.2) is 0 Å². The first-order chi connectivity index (χ1) is 5.12. The quantitative estimate of drug-likeness (QED) is 0.444. The van der Waals surface area contributed by atoms with Crippen molar-refractivity contribution in [2.75, 3.05) is 13.2 Å². The van der Waals surface area contributed by atoms with Gasteiger partial charge in [0.1, 0.15) is 0 Å². The molecule has 11 heavy (non-hydrogen) atoms. The zero-order valence-corrected chi connectivity index (χ0v) is 9.27. The highest BCUT2D eigenvalue weighted by atomic mass is 28.2. The largest absolute Gasteiger partial charge is 0.421 e. The fraction of sp³-hybridized carbons (Fsp3) is 0.875. The van der Waals surface area contributed by atoms with E-state index in [4.69, 9.17) is 9.16 Å². The summed E-state index contributed by atoms with van der Waals surface area (Å²) < 4.78 is 10.9. The summed E-state index contributed by atoms with van der Waals surface area (Å²) in [5.74, 6) is 0. The van der Waals surface area contributed by atoms with Gasteiger partial charge in [0, 0.05) is 13.2 Å². The van der Waals surface area contributed by atoms with Crippen molar-refractivity contribution in [3.8, 4) is 0 Å². The molecule has 0 aliphatic heterocycles. The molecule has 0 N–H and O–H groups in total. The molecular formula is C8H19O2Si. The van der Waals surface area contributed by atoms with E-state index < -0.39 is 9.76 Å². The van der Waals surface area contributed by atoms with Gasteiger partial charge in [-0.1, -0.05) is 6.92 Å². The molecule has 0 aliphatic rings. The highest BCUT2D eigenvalue weighted by Crippen LogP contribution is 2.05. The monoisotopic (exact) mass is 175 g/mol. The first-order valence-corrected chi connectivity index (χ1v) is 5.48. The molecule has 1 atom stereocenters. The van der Waals surface area contributed by atoms with Crippen molar-refractivity contribution in [3.63, 3.8) is 0 Å². The van der Waals surface area contributed by atoms with Gasteiger partial charge in [0.25, 0.3) is 0 Å². The summed E-state index contributed by atoms with van der Waals surface area (Å²) in [7, 11) is -0.616. The van der Waals surface area contributed by atoms with Gasteiger partial charge in [-0.2, -0.15) is 0 Å². The van der Waals surface area contributed by atoms with Crippen LogP contribution in [0.3, 0.4) is 0 Å². The molecule has 0 aromatic carbocycles. The second-order valence-electron chi connectivity index (χ2n) is 2.94. The minimum atomic E-state index is -0.616. The highest BCUT2D eigenvalue weighted by molar-refractivity contribution is 6.32. The van der Waals surface area contributed by atoms with E-state index in [-0.39, 0.29) is 5.22 Å². The van der Waals surface area contributed by atoms with Crippen molar-refractivity contribution in [2.24, 2.45) is 0 Å². The van der Waals surface area contributed by atoms with Crippen LogP contribution >= 0.6 is 0 Å². The minimum absolute atomic E-state index is 0.232. The Kier molecular flexibility index (Phi) is 5.82. The van der Waals surface area contributed by atoms with E-state index in [1.165, 1.54) is 0 Å². The standard InChI is InChI=1S/C8H19O2Si/c1-5-7-10-11-8(3,4)9-6-2/h3,5-7,11H2,1-2,4H3. The van der Waals surface area contributed by atoms with Gasteiger partial charge in [-0.05, 0) is 27.2 Å². The first kappa shape index (κ1) is 11.1. The predicted octanol–water partition coefficient (Wildman–Crippen LogP) is 1.08. The number of rotatable bonds is 6. The van der Waals surface area contributed by atoms with Crippen LogP contribution in [0.5, 0.6) is 0 Å². The Bertz CT molecular complexity index is 94.1. The number of ether oxygens (including phenoxy) is 1. The van der Waals surface area contributed by atoms with E-state index in [2.05, 4.69) is 13.8 Å². The summed E-state index contributed by atoms with van der Waals surface area (Å²) in [6.45, 7) is 11.6. The first-order valence-electron chi connectivity index (χ1n) is 4.19. The molecule has 0 fully saturated rings. The van der Waals surface area contributed by atoms with Crippen LogP contribution in [0.1, 0.15) is 27.2 Å². The van der Waals surface area contributed by atoms with Crippen LogP contribution in [0.25, 0.3) is 0 Å². The topological polar surface area (TPSA) is 18.5 Å². The van der Waals surface area contributed by atoms with Gasteiger partial charge < -0.3 is 9.16 Å². The van der Waals surface area contributed by atoms with Gasteiger partial charge in [-0.3, -0.25) is 0 Å². The Morgan fingerprint density at radius 3 is 2.55 bits per heavy atom. The maximum atomic E-state index is 5.45. The van der Waals surface area contributed by atoms with Crippen LogP contribution in [0.4, 0.5) is 0 Å². The third kappa shape index (κ3) is 6.53. The SMILES string of the molecule is [CH2]C(C)(OCC)[SiH2]OCCC. The van der Waals surface area contributed by atoms with E-state index in [1.54, 1.807) is 0 Å². The molecule has 0 rings (SSSR count). The molecule has 0 aromatic heterocycles. The van der Waals surface area contributed by atoms with Crippen LogP contribution < -0.4 is 0 Å². The maximum Gasteiger partial charge on any atom is 0.193 e. The van der Waals surface area contributed by atoms with Crippen molar-refractivity contribution in [1.29, 1.82) is 0 Å². The minimum Gasteiger partial charge on any atom is -0.421 e. The summed E-state index contributed by atoms with van der Waals surface area (Å²) >= 11 is 0. The summed E-state index contributed by atoms with van der Waals surface area (Å²) in [6, 6.07) is 0. The van der Waals surface area contributed by atoms with E-state index >= 15 is 0 Å². The van der Waals surface area contributed by atoms with Crippen molar-refractivity contribution < 1.29 is 9.16 Å². The molecule has 0 saturated carbocycles. The third-order valence-electron chi connectivity index (χ3n) is 1.25. The summed E-state index contributed by atoms with van der Waals surface area (Å²) in [4.78, 5) is 0. The molecule has 3 heteroatoms. The molecule has 0 saturated heterocycles. The second-order valence-corrected chi connectivity index (χ2v) is 5.13. The lowest BCUT2D eigenvalue weighted by Crippen LogP contribution is -2.34. The molecule has 1 unspecified atom stereocenters. The van der Waals surface area contributed by atoms with Crippen LogP contribution in [-0.4, -0.2) is 28.2 Å². The number of hydrogen-bond donors (Lipinski definition) is 0. The molecule has 0 aromatic rings. The molecule has 0 amide bonds. The third-order valence-corrected chi connectivity index (χ3v) is 2.56. The average molecular weight is 175 g/mol. The van der Waals surface area contributed by atoms with Gasteiger partial charge >= 0.3 is 0 Å². The zero-order valence-electron chi connectivity index (χ0n) is 7.85. The van der Waals surface area contributed by atoms with Crippen molar-refractivity contribution in [1.82, 2.24) is 0 Å². The molecular weight excluding hydrogens is 156 g/mol. The molecule has 0 heterocycles. The Balaban J connectivity index is 3.38. The smallest absolute Gasteiger partial charge is 0.193 e. The highest BCUT2D eigenvalue weighted by Gasteiger charge is 2.18. The lowest BCUT2D eigenvalue weighted by Gasteiger charge is -2.23. The molecule has 1 radical (unpaired) electrons. The molecule has 2 nitrogen and oxygen atoms in total. The van der Waals surface area contributed by atoms with E-state index in [9.17, 15) is 0 Å². The summed E-state index contributed by atoms with van der Waals surface area (Å²) in [5, 5.41) is -0.232. The van der Waals surface area contributed by atoms with Crippen molar-refractivity contribution in [2.45, 2.75) is 32.4 Å². The van der Waals surface area contributed by atoms with Crippen LogP contribution in [0.2, 0.25) is 0 Å². The van der Waals surface area contributed by atoms with E-state index in [1.807, 2.05) is 13.8 Å².